The second-order valence-corrected chi connectivity index (χ2v) is 7.48. The lowest BCUT2D eigenvalue weighted by Crippen LogP contribution is -2.39. The van der Waals surface area contributed by atoms with Gasteiger partial charge in [0.15, 0.2) is 5.16 Å². The number of carbonyl (C=O) groups excluding carboxylic acids is 3. The number of urea groups is 1. The molecule has 1 aliphatic heterocycles. The van der Waals surface area contributed by atoms with Crippen molar-refractivity contribution in [1.82, 2.24) is 19.8 Å². The van der Waals surface area contributed by atoms with E-state index >= 15 is 0 Å². The van der Waals surface area contributed by atoms with Gasteiger partial charge in [0.1, 0.15) is 0 Å². The molecule has 28 heavy (non-hydrogen) atoms. The molecule has 3 rings (SSSR count). The average Bonchev–Trinajstić information content (AvgIpc) is 3.12. The molecule has 0 radical (unpaired) electrons. The standard InChI is InChI=1S/C18H20N4O5S/c1-11(15(24)21-10-8-19-17(21)26)28-18-20-13-6-4-3-5-12(13)16(25)22(18)9-7-14(23)27-2/h3-6,11H,7-10H2,1-2H3,(H,19,26)/t11-/m1/s1. The molecule has 3 amide bonds. The molecule has 148 valence electrons. The number of amides is 3. The Balaban J connectivity index is 1.93. The van der Waals surface area contributed by atoms with Gasteiger partial charge in [-0.05, 0) is 19.1 Å². The van der Waals surface area contributed by atoms with Crippen LogP contribution in [0.1, 0.15) is 13.3 Å². The van der Waals surface area contributed by atoms with Gasteiger partial charge >= 0.3 is 12.0 Å². The van der Waals surface area contributed by atoms with Crippen LogP contribution in [0.5, 0.6) is 0 Å². The molecule has 9 nitrogen and oxygen atoms in total. The van der Waals surface area contributed by atoms with Crippen molar-refractivity contribution in [2.75, 3.05) is 20.2 Å². The van der Waals surface area contributed by atoms with E-state index in [4.69, 9.17) is 0 Å². The number of hydrogen-bond acceptors (Lipinski definition) is 7. The van der Waals surface area contributed by atoms with Gasteiger partial charge in [0.05, 0.1) is 29.7 Å². The van der Waals surface area contributed by atoms with Gasteiger partial charge in [-0.3, -0.25) is 23.9 Å². The Morgan fingerprint density at radius 3 is 2.75 bits per heavy atom. The van der Waals surface area contributed by atoms with Crippen LogP contribution < -0.4 is 10.9 Å². The van der Waals surface area contributed by atoms with Crippen LogP contribution in [0.15, 0.2) is 34.2 Å². The third-order valence-electron chi connectivity index (χ3n) is 4.35. The van der Waals surface area contributed by atoms with Gasteiger partial charge in [0.2, 0.25) is 5.91 Å². The summed E-state index contributed by atoms with van der Waals surface area (Å²) in [5.41, 5.74) is 0.207. The summed E-state index contributed by atoms with van der Waals surface area (Å²) in [5.74, 6) is -0.809. The maximum Gasteiger partial charge on any atom is 0.324 e. The van der Waals surface area contributed by atoms with E-state index in [-0.39, 0.29) is 24.4 Å². The molecule has 2 heterocycles. The highest BCUT2D eigenvalue weighted by atomic mass is 32.2. The molecule has 1 aromatic heterocycles. The predicted molar refractivity (Wildman–Crippen MR) is 103 cm³/mol. The van der Waals surface area contributed by atoms with E-state index < -0.39 is 17.3 Å². The number of para-hydroxylation sites is 1. The lowest BCUT2D eigenvalue weighted by Gasteiger charge is -2.19. The number of thioether (sulfide) groups is 1. The summed E-state index contributed by atoms with van der Waals surface area (Å²) < 4.78 is 6.02. The summed E-state index contributed by atoms with van der Waals surface area (Å²) in [6, 6.07) is 6.46. The first-order valence-electron chi connectivity index (χ1n) is 8.74. The normalized spacial score (nSPS) is 14.8. The lowest BCUT2D eigenvalue weighted by molar-refractivity contribution is -0.140. The van der Waals surface area contributed by atoms with Crippen molar-refractivity contribution in [1.29, 1.82) is 0 Å². The van der Waals surface area contributed by atoms with E-state index in [1.54, 1.807) is 31.2 Å². The van der Waals surface area contributed by atoms with Gasteiger partial charge in [0.25, 0.3) is 5.56 Å². The number of methoxy groups -OCH3 is 1. The molecule has 0 unspecified atom stereocenters. The van der Waals surface area contributed by atoms with Crippen molar-refractivity contribution in [3.8, 4) is 0 Å². The molecule has 1 atom stereocenters. The summed E-state index contributed by atoms with van der Waals surface area (Å²) in [6.07, 6.45) is 0.000839. The monoisotopic (exact) mass is 404 g/mol. The number of rotatable bonds is 6. The van der Waals surface area contributed by atoms with Crippen LogP contribution in [-0.2, 0) is 20.9 Å². The van der Waals surface area contributed by atoms with E-state index in [0.29, 0.717) is 29.1 Å². The first-order valence-corrected chi connectivity index (χ1v) is 9.62. The van der Waals surface area contributed by atoms with Crippen molar-refractivity contribution >= 4 is 40.6 Å². The summed E-state index contributed by atoms with van der Waals surface area (Å²) in [6.45, 7) is 2.46. The fourth-order valence-electron chi connectivity index (χ4n) is 2.85. The zero-order valence-corrected chi connectivity index (χ0v) is 16.3. The fraction of sp³-hybridized carbons (Fsp3) is 0.389. The summed E-state index contributed by atoms with van der Waals surface area (Å²) in [7, 11) is 1.28. The number of nitrogens with one attached hydrogen (secondary N) is 1. The van der Waals surface area contributed by atoms with E-state index in [2.05, 4.69) is 15.0 Å². The largest absolute Gasteiger partial charge is 0.469 e. The molecule has 2 aromatic rings. The second-order valence-electron chi connectivity index (χ2n) is 6.18. The van der Waals surface area contributed by atoms with Crippen LogP contribution in [0, 0.1) is 0 Å². The molecule has 1 aromatic carbocycles. The van der Waals surface area contributed by atoms with Gasteiger partial charge in [-0.2, -0.15) is 0 Å². The van der Waals surface area contributed by atoms with Crippen LogP contribution >= 0.6 is 11.8 Å². The molecule has 0 bridgehead atoms. The zero-order valence-electron chi connectivity index (χ0n) is 15.5. The van der Waals surface area contributed by atoms with Crippen molar-refractivity contribution in [3.63, 3.8) is 0 Å². The molecular weight excluding hydrogens is 384 g/mol. The molecule has 1 N–H and O–H groups in total. The van der Waals surface area contributed by atoms with Gasteiger partial charge in [-0.25, -0.2) is 9.78 Å². The number of esters is 1. The lowest BCUT2D eigenvalue weighted by atomic mass is 10.2. The van der Waals surface area contributed by atoms with Crippen LogP contribution in [0.3, 0.4) is 0 Å². The predicted octanol–water partition coefficient (Wildman–Crippen LogP) is 0.992. The Bertz CT molecular complexity index is 990. The quantitative estimate of drug-likeness (QED) is 0.434. The minimum atomic E-state index is -0.638. The van der Waals surface area contributed by atoms with Gasteiger partial charge in [0, 0.05) is 19.6 Å². The van der Waals surface area contributed by atoms with Crippen LogP contribution in [-0.4, -0.2) is 57.8 Å². The summed E-state index contributed by atoms with van der Waals surface area (Å²) in [5, 5.41) is 2.69. The summed E-state index contributed by atoms with van der Waals surface area (Å²) in [4.78, 5) is 54.4. The fourth-order valence-corrected chi connectivity index (χ4v) is 3.85. The van der Waals surface area contributed by atoms with E-state index in [1.165, 1.54) is 11.7 Å². The third kappa shape index (κ3) is 4.01. The Hall–Kier alpha value is -2.88. The Labute approximate surface area is 165 Å². The first kappa shape index (κ1) is 19.9. The van der Waals surface area contributed by atoms with Crippen LogP contribution in [0.2, 0.25) is 0 Å². The van der Waals surface area contributed by atoms with Crippen molar-refractivity contribution < 1.29 is 19.1 Å². The van der Waals surface area contributed by atoms with Crippen LogP contribution in [0.25, 0.3) is 10.9 Å². The number of nitrogens with zero attached hydrogens (tertiary/aromatic N) is 3. The number of aromatic nitrogens is 2. The number of hydrogen-bond donors (Lipinski definition) is 1. The smallest absolute Gasteiger partial charge is 0.324 e. The number of carbonyl (C=O) groups is 3. The Morgan fingerprint density at radius 1 is 1.32 bits per heavy atom. The van der Waals surface area contributed by atoms with Gasteiger partial charge in [-0.15, -0.1) is 0 Å². The maximum atomic E-state index is 12.9. The Kier molecular flexibility index (Phi) is 5.98. The third-order valence-corrected chi connectivity index (χ3v) is 5.42. The molecule has 0 aliphatic carbocycles. The number of fused-ring (bicyclic) bond motifs is 1. The van der Waals surface area contributed by atoms with Gasteiger partial charge < -0.3 is 10.1 Å². The molecule has 0 spiro atoms. The first-order chi connectivity index (χ1) is 13.4. The van der Waals surface area contributed by atoms with Crippen molar-refractivity contribution in [3.05, 3.63) is 34.6 Å². The molecular formula is C18H20N4O5S. The molecule has 1 aliphatic rings. The number of benzene rings is 1. The van der Waals surface area contributed by atoms with E-state index in [0.717, 1.165) is 16.7 Å². The maximum absolute atomic E-state index is 12.9. The van der Waals surface area contributed by atoms with Gasteiger partial charge in [-0.1, -0.05) is 23.9 Å². The molecule has 10 heteroatoms. The minimum absolute atomic E-state index is 0.000839. The molecule has 0 saturated carbocycles. The zero-order chi connectivity index (χ0) is 20.3. The second kappa shape index (κ2) is 8.42. The molecule has 1 fully saturated rings. The topological polar surface area (TPSA) is 111 Å². The molecule has 1 saturated heterocycles. The minimum Gasteiger partial charge on any atom is -0.469 e. The highest BCUT2D eigenvalue weighted by Gasteiger charge is 2.31. The average molecular weight is 404 g/mol. The van der Waals surface area contributed by atoms with E-state index in [9.17, 15) is 19.2 Å². The van der Waals surface area contributed by atoms with E-state index in [1.807, 2.05) is 0 Å². The number of ether oxygens (including phenoxy) is 1. The Morgan fingerprint density at radius 2 is 2.07 bits per heavy atom. The highest BCUT2D eigenvalue weighted by molar-refractivity contribution is 8.00. The SMILES string of the molecule is COC(=O)CCn1c(S[C@H](C)C(=O)N2CCNC2=O)nc2ccccc2c1=O. The highest BCUT2D eigenvalue weighted by Crippen LogP contribution is 2.24. The van der Waals surface area contributed by atoms with Crippen LogP contribution in [0.4, 0.5) is 4.79 Å². The van der Waals surface area contributed by atoms with Crippen molar-refractivity contribution in [2.24, 2.45) is 0 Å². The van der Waals surface area contributed by atoms with Crippen molar-refractivity contribution in [2.45, 2.75) is 30.3 Å². The summed E-state index contributed by atoms with van der Waals surface area (Å²) >= 11 is 1.08. The number of imide groups is 1.